The zero-order valence-corrected chi connectivity index (χ0v) is 15.6. The number of hydrogen-bond acceptors (Lipinski definition) is 4. The van der Waals surface area contributed by atoms with Crippen LogP contribution in [-0.4, -0.2) is 35.2 Å². The molecule has 136 valence electrons. The summed E-state index contributed by atoms with van der Waals surface area (Å²) in [5, 5.41) is 0. The van der Waals surface area contributed by atoms with E-state index in [4.69, 9.17) is 0 Å². The first-order valence-electron chi connectivity index (χ1n) is 7.76. The number of sulfonamides is 2. The first kappa shape index (κ1) is 19.3. The molecule has 0 saturated heterocycles. The van der Waals surface area contributed by atoms with Crippen molar-refractivity contribution in [3.63, 3.8) is 0 Å². The average Bonchev–Trinajstić information content (AvgIpc) is 2.44. The van der Waals surface area contributed by atoms with Gasteiger partial charge < -0.3 is 0 Å². The van der Waals surface area contributed by atoms with Crippen LogP contribution in [0.25, 0.3) is 0 Å². The van der Waals surface area contributed by atoms with Gasteiger partial charge in [-0.05, 0) is 49.9 Å². The van der Waals surface area contributed by atoms with Gasteiger partial charge in [-0.3, -0.25) is 0 Å². The third kappa shape index (κ3) is 4.75. The molecule has 0 bridgehead atoms. The zero-order chi connectivity index (χ0) is 18.1. The van der Waals surface area contributed by atoms with Gasteiger partial charge in [0.15, 0.2) is 0 Å². The van der Waals surface area contributed by atoms with Gasteiger partial charge in [-0.1, -0.05) is 12.8 Å². The topological polar surface area (TPSA) is 92.3 Å². The molecular weight excluding hydrogens is 355 g/mol. The van der Waals surface area contributed by atoms with E-state index in [1.165, 1.54) is 26.0 Å². The number of nitrogens with one attached hydrogen (secondary N) is 2. The van der Waals surface area contributed by atoms with E-state index in [2.05, 4.69) is 9.44 Å². The molecule has 1 aromatic carbocycles. The summed E-state index contributed by atoms with van der Waals surface area (Å²) in [5.74, 6) is -0.428. The van der Waals surface area contributed by atoms with Crippen molar-refractivity contribution in [2.24, 2.45) is 0 Å². The maximum absolute atomic E-state index is 13.7. The Morgan fingerprint density at radius 3 is 1.88 bits per heavy atom. The van der Waals surface area contributed by atoms with Gasteiger partial charge in [-0.15, -0.1) is 0 Å². The Balaban J connectivity index is 2.26. The highest BCUT2D eigenvalue weighted by molar-refractivity contribution is 7.89. The molecule has 2 unspecified atom stereocenters. The van der Waals surface area contributed by atoms with Crippen LogP contribution in [0.3, 0.4) is 0 Å². The van der Waals surface area contributed by atoms with Crippen LogP contribution in [0.1, 0.15) is 36.8 Å². The molecule has 0 spiro atoms. The third-order valence-electron chi connectivity index (χ3n) is 4.16. The summed E-state index contributed by atoms with van der Waals surface area (Å²) < 4.78 is 67.0. The fourth-order valence-electron chi connectivity index (χ4n) is 3.02. The summed E-state index contributed by atoms with van der Waals surface area (Å²) in [5.41, 5.74) is 0.509. The molecule has 1 saturated carbocycles. The van der Waals surface area contributed by atoms with Crippen molar-refractivity contribution in [2.75, 3.05) is 6.26 Å². The van der Waals surface area contributed by atoms with Crippen LogP contribution in [0.4, 0.5) is 4.39 Å². The fraction of sp³-hybridized carbons (Fsp3) is 0.600. The van der Waals surface area contributed by atoms with E-state index in [1.807, 2.05) is 0 Å². The molecule has 2 rings (SSSR count). The lowest BCUT2D eigenvalue weighted by molar-refractivity contribution is 0.340. The minimum absolute atomic E-state index is 0.0115. The van der Waals surface area contributed by atoms with E-state index >= 15 is 0 Å². The number of aryl methyl sites for hydroxylation is 2. The fourth-order valence-corrected chi connectivity index (χ4v) is 5.33. The van der Waals surface area contributed by atoms with Crippen LogP contribution in [0.15, 0.2) is 17.0 Å². The Bertz CT molecular complexity index is 799. The smallest absolute Gasteiger partial charge is 0.213 e. The van der Waals surface area contributed by atoms with Crippen LogP contribution in [-0.2, 0) is 20.0 Å². The molecular formula is C15H23FN2O4S2. The predicted octanol–water partition coefficient (Wildman–Crippen LogP) is 1.58. The van der Waals surface area contributed by atoms with Gasteiger partial charge >= 0.3 is 0 Å². The summed E-state index contributed by atoms with van der Waals surface area (Å²) in [7, 11) is -7.29. The summed E-state index contributed by atoms with van der Waals surface area (Å²) >= 11 is 0. The average molecular weight is 378 g/mol. The Hall–Kier alpha value is -1.03. The van der Waals surface area contributed by atoms with Gasteiger partial charge in [0.2, 0.25) is 20.0 Å². The van der Waals surface area contributed by atoms with Gasteiger partial charge in [-0.25, -0.2) is 30.7 Å². The van der Waals surface area contributed by atoms with E-state index < -0.39 is 37.9 Å². The predicted molar refractivity (Wildman–Crippen MR) is 90.2 cm³/mol. The molecule has 9 heteroatoms. The second-order valence-corrected chi connectivity index (χ2v) is 9.87. The molecule has 2 N–H and O–H groups in total. The highest BCUT2D eigenvalue weighted by Gasteiger charge is 2.31. The highest BCUT2D eigenvalue weighted by Crippen LogP contribution is 2.23. The number of rotatable bonds is 5. The van der Waals surface area contributed by atoms with E-state index in [9.17, 15) is 21.2 Å². The van der Waals surface area contributed by atoms with Crippen molar-refractivity contribution in [2.45, 2.75) is 56.5 Å². The molecule has 2 atom stereocenters. The van der Waals surface area contributed by atoms with Crippen LogP contribution >= 0.6 is 0 Å². The lowest BCUT2D eigenvalue weighted by Crippen LogP contribution is -2.52. The van der Waals surface area contributed by atoms with Crippen LogP contribution in [0, 0.1) is 19.7 Å². The zero-order valence-electron chi connectivity index (χ0n) is 14.0. The lowest BCUT2D eigenvalue weighted by atomic mass is 9.92. The van der Waals surface area contributed by atoms with Gasteiger partial charge in [0.05, 0.1) is 11.2 Å². The maximum atomic E-state index is 13.7. The summed E-state index contributed by atoms with van der Waals surface area (Å²) in [4.78, 5) is -0.0115. The van der Waals surface area contributed by atoms with E-state index in [-0.39, 0.29) is 16.0 Å². The quantitative estimate of drug-likeness (QED) is 0.814. The maximum Gasteiger partial charge on any atom is 0.240 e. The van der Waals surface area contributed by atoms with Gasteiger partial charge in [0.25, 0.3) is 0 Å². The summed E-state index contributed by atoms with van der Waals surface area (Å²) in [6.07, 6.45) is 3.82. The molecule has 0 aromatic heterocycles. The van der Waals surface area contributed by atoms with Crippen molar-refractivity contribution in [1.82, 2.24) is 9.44 Å². The largest absolute Gasteiger partial charge is 0.240 e. The lowest BCUT2D eigenvalue weighted by Gasteiger charge is -2.32. The number of halogens is 1. The Labute approximate surface area is 142 Å². The minimum Gasteiger partial charge on any atom is -0.213 e. The van der Waals surface area contributed by atoms with Crippen molar-refractivity contribution >= 4 is 20.0 Å². The van der Waals surface area contributed by atoms with Crippen LogP contribution in [0.2, 0.25) is 0 Å². The van der Waals surface area contributed by atoms with Crippen LogP contribution in [0.5, 0.6) is 0 Å². The number of benzene rings is 1. The number of hydrogen-bond donors (Lipinski definition) is 2. The summed E-state index contributed by atoms with van der Waals surface area (Å²) in [6.45, 7) is 3.02. The van der Waals surface area contributed by atoms with E-state index in [0.717, 1.165) is 19.1 Å². The highest BCUT2D eigenvalue weighted by atomic mass is 32.2. The first-order valence-corrected chi connectivity index (χ1v) is 11.1. The van der Waals surface area contributed by atoms with Gasteiger partial charge in [0, 0.05) is 12.1 Å². The molecule has 0 radical (unpaired) electrons. The summed E-state index contributed by atoms with van der Waals surface area (Å²) in [6, 6.07) is 1.56. The van der Waals surface area contributed by atoms with Crippen LogP contribution < -0.4 is 9.44 Å². The molecule has 1 aliphatic carbocycles. The molecule has 6 nitrogen and oxygen atoms in total. The van der Waals surface area contributed by atoms with Crippen molar-refractivity contribution in [1.29, 1.82) is 0 Å². The molecule has 1 aromatic rings. The van der Waals surface area contributed by atoms with Gasteiger partial charge in [0.1, 0.15) is 5.82 Å². The second kappa shape index (κ2) is 7.07. The van der Waals surface area contributed by atoms with Crippen molar-refractivity contribution < 1.29 is 21.2 Å². The van der Waals surface area contributed by atoms with Crippen molar-refractivity contribution in [3.8, 4) is 0 Å². The second-order valence-electron chi connectivity index (χ2n) is 6.38. The minimum atomic E-state index is -3.86. The van der Waals surface area contributed by atoms with E-state index in [1.54, 1.807) is 0 Å². The molecule has 1 fully saturated rings. The molecule has 0 amide bonds. The first-order chi connectivity index (χ1) is 11.0. The SMILES string of the molecule is Cc1cc(S(=O)(=O)NC2CCCCC2NS(C)(=O)=O)cc(C)c1F. The Kier molecular flexibility index (Phi) is 5.68. The Morgan fingerprint density at radius 1 is 0.958 bits per heavy atom. The molecule has 24 heavy (non-hydrogen) atoms. The van der Waals surface area contributed by atoms with Crippen molar-refractivity contribution in [3.05, 3.63) is 29.1 Å². The third-order valence-corrected chi connectivity index (χ3v) is 6.36. The molecule has 0 aliphatic heterocycles. The molecule has 1 aliphatic rings. The molecule has 0 heterocycles. The normalized spacial score (nSPS) is 22.5. The van der Waals surface area contributed by atoms with E-state index in [0.29, 0.717) is 12.8 Å². The standard InChI is InChI=1S/C15H23FN2O4S2/c1-10-8-12(9-11(2)15(10)16)24(21,22)18-14-7-5-4-6-13(14)17-23(3,19)20/h8-9,13-14,17-18H,4-7H2,1-3H3. The monoisotopic (exact) mass is 378 g/mol. The Morgan fingerprint density at radius 2 is 1.42 bits per heavy atom. The van der Waals surface area contributed by atoms with Gasteiger partial charge in [-0.2, -0.15) is 0 Å².